The molecular formula is C21H19ClN2O5. The number of ether oxygens (including phenoxy) is 2. The molecule has 2 aromatic carbocycles. The number of hydrazine groups is 1. The van der Waals surface area contributed by atoms with Crippen LogP contribution in [0.1, 0.15) is 19.4 Å². The van der Waals surface area contributed by atoms with Gasteiger partial charge in [0.25, 0.3) is 11.8 Å². The van der Waals surface area contributed by atoms with Crippen molar-refractivity contribution < 1.29 is 23.9 Å². The van der Waals surface area contributed by atoms with Gasteiger partial charge in [-0.25, -0.2) is 9.80 Å². The minimum atomic E-state index is -0.873. The Balaban J connectivity index is 1.91. The Labute approximate surface area is 172 Å². The lowest BCUT2D eigenvalue weighted by Crippen LogP contribution is -2.35. The first-order valence-electron chi connectivity index (χ1n) is 8.95. The van der Waals surface area contributed by atoms with E-state index in [4.69, 9.17) is 21.1 Å². The third-order valence-electron chi connectivity index (χ3n) is 4.10. The summed E-state index contributed by atoms with van der Waals surface area (Å²) in [5.74, 6) is -1.29. The summed E-state index contributed by atoms with van der Waals surface area (Å²) in [4.78, 5) is 37.0. The number of carbonyl (C=O) groups excluding carboxylic acids is 3. The molecule has 2 amide bonds. The van der Waals surface area contributed by atoms with Crippen LogP contribution in [0.25, 0.3) is 6.08 Å². The highest BCUT2D eigenvalue weighted by molar-refractivity contribution is 6.32. The van der Waals surface area contributed by atoms with Gasteiger partial charge in [0.15, 0.2) is 6.10 Å². The highest BCUT2D eigenvalue weighted by Crippen LogP contribution is 2.28. The highest BCUT2D eigenvalue weighted by atomic mass is 35.5. The fourth-order valence-electron chi connectivity index (χ4n) is 2.71. The number of nitrogens with zero attached hydrogens (tertiary/aromatic N) is 1. The quantitative estimate of drug-likeness (QED) is 0.446. The maximum Gasteiger partial charge on any atom is 0.347 e. The number of nitrogens with one attached hydrogen (secondary N) is 1. The third-order valence-corrected chi connectivity index (χ3v) is 4.33. The summed E-state index contributed by atoms with van der Waals surface area (Å²) >= 11 is 6.08. The van der Waals surface area contributed by atoms with Crippen LogP contribution in [0, 0.1) is 0 Å². The van der Waals surface area contributed by atoms with Gasteiger partial charge in [-0.2, -0.15) is 0 Å². The van der Waals surface area contributed by atoms with Crippen LogP contribution in [-0.2, 0) is 19.1 Å². The number of amides is 2. The molecule has 29 heavy (non-hydrogen) atoms. The maximum absolute atomic E-state index is 12.8. The molecule has 0 saturated carbocycles. The van der Waals surface area contributed by atoms with Crippen molar-refractivity contribution >= 4 is 41.1 Å². The summed E-state index contributed by atoms with van der Waals surface area (Å²) in [5, 5.41) is 1.55. The first-order valence-corrected chi connectivity index (χ1v) is 9.33. The first-order chi connectivity index (χ1) is 13.9. The third kappa shape index (κ3) is 4.57. The summed E-state index contributed by atoms with van der Waals surface area (Å²) < 4.78 is 10.6. The van der Waals surface area contributed by atoms with Crippen molar-refractivity contribution in [2.24, 2.45) is 0 Å². The lowest BCUT2D eigenvalue weighted by molar-refractivity contribution is -0.150. The predicted molar refractivity (Wildman–Crippen MR) is 108 cm³/mol. The van der Waals surface area contributed by atoms with Crippen molar-refractivity contribution in [3.8, 4) is 5.75 Å². The summed E-state index contributed by atoms with van der Waals surface area (Å²) in [7, 11) is 0. The van der Waals surface area contributed by atoms with Crippen LogP contribution in [-0.4, -0.2) is 30.5 Å². The SMILES string of the molecule is CCOC(=O)[C@@H](C)Oc1ccc(Cl)cc1/C=C1/C(=O)NN(c2ccccc2)C1=O. The Hall–Kier alpha value is -3.32. The summed E-state index contributed by atoms with van der Waals surface area (Å²) in [6.07, 6.45) is 0.516. The largest absolute Gasteiger partial charge is 0.478 e. The van der Waals surface area contributed by atoms with Gasteiger partial charge in [-0.15, -0.1) is 0 Å². The van der Waals surface area contributed by atoms with Gasteiger partial charge in [-0.3, -0.25) is 15.0 Å². The van der Waals surface area contributed by atoms with Crippen LogP contribution in [0.15, 0.2) is 54.1 Å². The number of anilines is 1. The van der Waals surface area contributed by atoms with Gasteiger partial charge in [-0.05, 0) is 50.3 Å². The predicted octanol–water partition coefficient (Wildman–Crippen LogP) is 3.13. The second-order valence-electron chi connectivity index (χ2n) is 6.17. The molecule has 1 atom stereocenters. The summed E-state index contributed by atoms with van der Waals surface area (Å²) in [6, 6.07) is 13.4. The van der Waals surface area contributed by atoms with Crippen LogP contribution in [0.5, 0.6) is 5.75 Å². The van der Waals surface area contributed by atoms with Crippen LogP contribution in [0.4, 0.5) is 5.69 Å². The Morgan fingerprint density at radius 2 is 1.93 bits per heavy atom. The topological polar surface area (TPSA) is 84.9 Å². The second kappa shape index (κ2) is 8.79. The molecule has 150 valence electrons. The van der Waals surface area contributed by atoms with Crippen molar-refractivity contribution in [2.75, 3.05) is 11.6 Å². The number of halogens is 1. The Morgan fingerprint density at radius 3 is 2.62 bits per heavy atom. The standard InChI is InChI=1S/C21H19ClN2O5/c1-3-28-21(27)13(2)29-18-10-9-15(22)11-14(18)12-17-19(25)23-24(20(17)26)16-7-5-4-6-8-16/h4-13H,3H2,1-2H3,(H,23,25)/b17-12-/t13-/m1/s1. The Morgan fingerprint density at radius 1 is 1.21 bits per heavy atom. The van der Waals surface area contributed by atoms with Crippen molar-refractivity contribution in [3.63, 3.8) is 0 Å². The van der Waals surface area contributed by atoms with Crippen molar-refractivity contribution in [2.45, 2.75) is 20.0 Å². The van der Waals surface area contributed by atoms with Crippen LogP contribution in [0.2, 0.25) is 5.02 Å². The van der Waals surface area contributed by atoms with Crippen molar-refractivity contribution in [1.82, 2.24) is 5.43 Å². The molecule has 0 unspecified atom stereocenters. The molecule has 0 aromatic heterocycles. The van der Waals surface area contributed by atoms with E-state index in [9.17, 15) is 14.4 Å². The molecule has 0 aliphatic carbocycles. The molecule has 8 heteroatoms. The number of hydrogen-bond acceptors (Lipinski definition) is 5. The van der Waals surface area contributed by atoms with Gasteiger partial charge in [0.2, 0.25) is 0 Å². The van der Waals surface area contributed by atoms with Gasteiger partial charge in [0, 0.05) is 10.6 Å². The molecule has 1 saturated heterocycles. The first kappa shape index (κ1) is 20.4. The number of esters is 1. The van der Waals surface area contributed by atoms with Crippen molar-refractivity contribution in [1.29, 1.82) is 0 Å². The molecule has 1 heterocycles. The fraction of sp³-hybridized carbons (Fsp3) is 0.190. The number of rotatable bonds is 6. The minimum Gasteiger partial charge on any atom is -0.478 e. The highest BCUT2D eigenvalue weighted by Gasteiger charge is 2.34. The molecule has 7 nitrogen and oxygen atoms in total. The lowest BCUT2D eigenvalue weighted by atomic mass is 10.1. The van der Waals surface area contributed by atoms with E-state index in [0.29, 0.717) is 22.0 Å². The van der Waals surface area contributed by atoms with Gasteiger partial charge in [-0.1, -0.05) is 29.8 Å². The van der Waals surface area contributed by atoms with Gasteiger partial charge >= 0.3 is 5.97 Å². The molecule has 1 aliphatic rings. The molecule has 1 fully saturated rings. The zero-order chi connectivity index (χ0) is 21.0. The van der Waals surface area contributed by atoms with E-state index in [1.165, 1.54) is 11.1 Å². The molecule has 0 spiro atoms. The van der Waals surface area contributed by atoms with Gasteiger partial charge in [0.05, 0.1) is 12.3 Å². The summed E-state index contributed by atoms with van der Waals surface area (Å²) in [5.41, 5.74) is 3.38. The zero-order valence-electron chi connectivity index (χ0n) is 15.8. The zero-order valence-corrected chi connectivity index (χ0v) is 16.6. The van der Waals surface area contributed by atoms with Gasteiger partial charge in [0.1, 0.15) is 11.3 Å². The van der Waals surface area contributed by atoms with E-state index < -0.39 is 23.9 Å². The van der Waals surface area contributed by atoms with Crippen LogP contribution in [0.3, 0.4) is 0 Å². The number of hydrogen-bond donors (Lipinski definition) is 1. The van der Waals surface area contributed by atoms with E-state index in [-0.39, 0.29) is 12.2 Å². The van der Waals surface area contributed by atoms with E-state index in [1.54, 1.807) is 56.3 Å². The second-order valence-corrected chi connectivity index (χ2v) is 6.61. The number of para-hydroxylation sites is 1. The average molecular weight is 415 g/mol. The van der Waals surface area contributed by atoms with E-state index in [2.05, 4.69) is 5.43 Å². The number of carbonyl (C=O) groups is 3. The molecule has 3 rings (SSSR count). The molecule has 1 N–H and O–H groups in total. The van der Waals surface area contributed by atoms with Crippen LogP contribution >= 0.6 is 11.6 Å². The monoisotopic (exact) mass is 414 g/mol. The number of benzene rings is 2. The average Bonchev–Trinajstić information content (AvgIpc) is 2.99. The molecular weight excluding hydrogens is 396 g/mol. The van der Waals surface area contributed by atoms with E-state index in [0.717, 1.165) is 0 Å². The van der Waals surface area contributed by atoms with Crippen LogP contribution < -0.4 is 15.2 Å². The molecule has 0 radical (unpaired) electrons. The Kier molecular flexibility index (Phi) is 6.19. The molecule has 2 aromatic rings. The van der Waals surface area contributed by atoms with Crippen molar-refractivity contribution in [3.05, 3.63) is 64.7 Å². The maximum atomic E-state index is 12.8. The van der Waals surface area contributed by atoms with E-state index in [1.807, 2.05) is 6.07 Å². The lowest BCUT2D eigenvalue weighted by Gasteiger charge is -2.15. The molecule has 0 bridgehead atoms. The fourth-order valence-corrected chi connectivity index (χ4v) is 2.89. The summed E-state index contributed by atoms with van der Waals surface area (Å²) in [6.45, 7) is 3.48. The van der Waals surface area contributed by atoms with Gasteiger partial charge < -0.3 is 9.47 Å². The minimum absolute atomic E-state index is 0.0789. The normalized spacial score (nSPS) is 16.0. The molecule has 1 aliphatic heterocycles. The Bertz CT molecular complexity index is 974. The van der Waals surface area contributed by atoms with E-state index >= 15 is 0 Å². The smallest absolute Gasteiger partial charge is 0.347 e.